The van der Waals surface area contributed by atoms with E-state index >= 15 is 0 Å². The lowest BCUT2D eigenvalue weighted by Crippen LogP contribution is -2.38. The monoisotopic (exact) mass is 287 g/mol. The number of amides is 1. The van der Waals surface area contributed by atoms with Crippen LogP contribution in [-0.2, 0) is 0 Å². The van der Waals surface area contributed by atoms with E-state index in [0.717, 1.165) is 31.2 Å². The van der Waals surface area contributed by atoms with Gasteiger partial charge in [0.15, 0.2) is 0 Å². The van der Waals surface area contributed by atoms with Gasteiger partial charge in [-0.3, -0.25) is 4.79 Å². The number of aromatic nitrogens is 2. The summed E-state index contributed by atoms with van der Waals surface area (Å²) in [4.78, 5) is 12.2. The third-order valence-electron chi connectivity index (χ3n) is 3.79. The van der Waals surface area contributed by atoms with E-state index in [1.807, 2.05) is 0 Å². The Morgan fingerprint density at radius 2 is 1.90 bits per heavy atom. The highest BCUT2D eigenvalue weighted by Gasteiger charge is 2.21. The van der Waals surface area contributed by atoms with Crippen molar-refractivity contribution in [2.45, 2.75) is 37.8 Å². The number of hydrogen-bond donors (Lipinski definition) is 2. The van der Waals surface area contributed by atoms with Crippen LogP contribution >= 0.6 is 0 Å². The van der Waals surface area contributed by atoms with E-state index in [1.54, 1.807) is 24.3 Å². The zero-order chi connectivity index (χ0) is 14.7. The summed E-state index contributed by atoms with van der Waals surface area (Å²) in [5.41, 5.74) is 1.38. The fourth-order valence-corrected chi connectivity index (χ4v) is 2.55. The van der Waals surface area contributed by atoms with Crippen LogP contribution in [0.3, 0.4) is 0 Å². The van der Waals surface area contributed by atoms with Gasteiger partial charge < -0.3 is 14.8 Å². The molecule has 1 amide bonds. The van der Waals surface area contributed by atoms with Crippen molar-refractivity contribution in [3.05, 3.63) is 36.2 Å². The number of aliphatic hydroxyl groups excluding tert-OH is 1. The SMILES string of the molecule is O=C(NC1CCC(O)CC1)c1ccc(-c2nnco2)cc1. The van der Waals surface area contributed by atoms with Gasteiger partial charge in [0.2, 0.25) is 12.3 Å². The zero-order valence-corrected chi connectivity index (χ0v) is 11.5. The summed E-state index contributed by atoms with van der Waals surface area (Å²) in [7, 11) is 0. The molecule has 6 nitrogen and oxygen atoms in total. The minimum absolute atomic E-state index is 0.0894. The Kier molecular flexibility index (Phi) is 3.96. The number of benzene rings is 1. The smallest absolute Gasteiger partial charge is 0.251 e. The van der Waals surface area contributed by atoms with Gasteiger partial charge in [-0.2, -0.15) is 0 Å². The Morgan fingerprint density at radius 1 is 1.19 bits per heavy atom. The molecule has 1 saturated carbocycles. The molecule has 2 N–H and O–H groups in total. The first kappa shape index (κ1) is 13.8. The lowest BCUT2D eigenvalue weighted by Gasteiger charge is -2.26. The van der Waals surface area contributed by atoms with Crippen molar-refractivity contribution in [2.24, 2.45) is 0 Å². The summed E-state index contributed by atoms with van der Waals surface area (Å²) in [5.74, 6) is 0.344. The summed E-state index contributed by atoms with van der Waals surface area (Å²) < 4.78 is 5.10. The van der Waals surface area contributed by atoms with E-state index in [9.17, 15) is 9.90 Å². The molecule has 1 aliphatic carbocycles. The number of aliphatic hydroxyl groups is 1. The molecule has 1 heterocycles. The van der Waals surface area contributed by atoms with Crippen molar-refractivity contribution in [2.75, 3.05) is 0 Å². The van der Waals surface area contributed by atoms with Crippen molar-refractivity contribution < 1.29 is 14.3 Å². The van der Waals surface area contributed by atoms with Crippen molar-refractivity contribution in [1.29, 1.82) is 0 Å². The van der Waals surface area contributed by atoms with Gasteiger partial charge >= 0.3 is 0 Å². The molecule has 1 fully saturated rings. The molecule has 0 radical (unpaired) electrons. The summed E-state index contributed by atoms with van der Waals surface area (Å²) >= 11 is 0. The van der Waals surface area contributed by atoms with Gasteiger partial charge in [0, 0.05) is 17.2 Å². The zero-order valence-electron chi connectivity index (χ0n) is 11.5. The van der Waals surface area contributed by atoms with Gasteiger partial charge in [-0.25, -0.2) is 0 Å². The summed E-state index contributed by atoms with van der Waals surface area (Å²) in [5, 5.41) is 19.9. The Balaban J connectivity index is 1.62. The van der Waals surface area contributed by atoms with Crippen LogP contribution in [0.2, 0.25) is 0 Å². The Hall–Kier alpha value is -2.21. The molecular weight excluding hydrogens is 270 g/mol. The van der Waals surface area contributed by atoms with Crippen LogP contribution in [0.25, 0.3) is 11.5 Å². The second kappa shape index (κ2) is 6.05. The van der Waals surface area contributed by atoms with Gasteiger partial charge in [-0.1, -0.05) is 0 Å². The predicted octanol–water partition coefficient (Wildman–Crippen LogP) is 1.77. The largest absolute Gasteiger partial charge is 0.423 e. The second-order valence-electron chi connectivity index (χ2n) is 5.30. The number of hydrogen-bond acceptors (Lipinski definition) is 5. The Labute approximate surface area is 122 Å². The van der Waals surface area contributed by atoms with E-state index in [0.29, 0.717) is 11.5 Å². The number of carbonyl (C=O) groups excluding carboxylic acids is 1. The first-order chi connectivity index (χ1) is 10.2. The van der Waals surface area contributed by atoms with Crippen LogP contribution in [-0.4, -0.2) is 33.4 Å². The number of rotatable bonds is 3. The van der Waals surface area contributed by atoms with Crippen molar-refractivity contribution in [1.82, 2.24) is 15.5 Å². The first-order valence-corrected chi connectivity index (χ1v) is 7.08. The van der Waals surface area contributed by atoms with Crippen molar-refractivity contribution in [3.63, 3.8) is 0 Å². The quantitative estimate of drug-likeness (QED) is 0.898. The van der Waals surface area contributed by atoms with Crippen LogP contribution in [0, 0.1) is 0 Å². The third kappa shape index (κ3) is 3.28. The van der Waals surface area contributed by atoms with E-state index in [2.05, 4.69) is 15.5 Å². The van der Waals surface area contributed by atoms with Crippen LogP contribution in [0.5, 0.6) is 0 Å². The summed E-state index contributed by atoms with van der Waals surface area (Å²) in [6, 6.07) is 7.20. The number of nitrogens with zero attached hydrogens (tertiary/aromatic N) is 2. The highest BCUT2D eigenvalue weighted by molar-refractivity contribution is 5.94. The second-order valence-corrected chi connectivity index (χ2v) is 5.30. The minimum atomic E-state index is -0.216. The lowest BCUT2D eigenvalue weighted by atomic mass is 9.93. The van der Waals surface area contributed by atoms with Gasteiger partial charge in [0.1, 0.15) is 0 Å². The standard InChI is InChI=1S/C15H17N3O3/c19-13-7-5-12(6-8-13)17-14(20)10-1-3-11(4-2-10)15-18-16-9-21-15/h1-4,9,12-13,19H,5-8H2,(H,17,20). The normalized spacial score (nSPS) is 22.0. The van der Waals surface area contributed by atoms with Gasteiger partial charge in [0.05, 0.1) is 6.10 Å². The molecule has 0 unspecified atom stereocenters. The molecule has 2 aromatic rings. The maximum Gasteiger partial charge on any atom is 0.251 e. The molecule has 110 valence electrons. The highest BCUT2D eigenvalue weighted by atomic mass is 16.4. The van der Waals surface area contributed by atoms with E-state index < -0.39 is 0 Å². The maximum atomic E-state index is 12.2. The fourth-order valence-electron chi connectivity index (χ4n) is 2.55. The topological polar surface area (TPSA) is 88.2 Å². The van der Waals surface area contributed by atoms with E-state index in [4.69, 9.17) is 4.42 Å². The molecule has 0 saturated heterocycles. The Morgan fingerprint density at radius 3 is 2.52 bits per heavy atom. The molecule has 1 aliphatic rings. The molecule has 6 heteroatoms. The summed E-state index contributed by atoms with van der Waals surface area (Å²) in [6.07, 6.45) is 4.21. The lowest BCUT2D eigenvalue weighted by molar-refractivity contribution is 0.0867. The molecule has 1 aromatic heterocycles. The molecule has 0 bridgehead atoms. The average Bonchev–Trinajstić information content (AvgIpc) is 3.04. The first-order valence-electron chi connectivity index (χ1n) is 7.08. The van der Waals surface area contributed by atoms with Gasteiger partial charge in [-0.15, -0.1) is 10.2 Å². The van der Waals surface area contributed by atoms with Crippen LogP contribution in [0.15, 0.2) is 35.1 Å². The van der Waals surface area contributed by atoms with Crippen LogP contribution in [0.4, 0.5) is 0 Å². The maximum absolute atomic E-state index is 12.2. The molecule has 3 rings (SSSR count). The molecule has 0 aliphatic heterocycles. The fraction of sp³-hybridized carbons (Fsp3) is 0.400. The number of carbonyl (C=O) groups is 1. The van der Waals surface area contributed by atoms with Gasteiger partial charge in [-0.05, 0) is 49.9 Å². The summed E-state index contributed by atoms with van der Waals surface area (Å²) in [6.45, 7) is 0. The van der Waals surface area contributed by atoms with Crippen molar-refractivity contribution in [3.8, 4) is 11.5 Å². The van der Waals surface area contributed by atoms with Crippen LogP contribution < -0.4 is 5.32 Å². The minimum Gasteiger partial charge on any atom is -0.423 e. The molecule has 0 atom stereocenters. The predicted molar refractivity (Wildman–Crippen MR) is 75.5 cm³/mol. The molecular formula is C15H17N3O3. The average molecular weight is 287 g/mol. The van der Waals surface area contributed by atoms with Crippen molar-refractivity contribution >= 4 is 5.91 Å². The van der Waals surface area contributed by atoms with E-state index in [1.165, 1.54) is 6.39 Å². The molecule has 21 heavy (non-hydrogen) atoms. The van der Waals surface area contributed by atoms with E-state index in [-0.39, 0.29) is 18.1 Å². The van der Waals surface area contributed by atoms with Crippen LogP contribution in [0.1, 0.15) is 36.0 Å². The Bertz CT molecular complexity index is 587. The molecule has 0 spiro atoms. The van der Waals surface area contributed by atoms with Gasteiger partial charge in [0.25, 0.3) is 5.91 Å². The highest BCUT2D eigenvalue weighted by Crippen LogP contribution is 2.20. The number of nitrogens with one attached hydrogen (secondary N) is 1. The third-order valence-corrected chi connectivity index (χ3v) is 3.79. The molecule has 1 aromatic carbocycles.